The topological polar surface area (TPSA) is 87.7 Å². The van der Waals surface area contributed by atoms with Crippen molar-refractivity contribution >= 4 is 49.5 Å². The zero-order valence-electron chi connectivity index (χ0n) is 10.9. The lowest BCUT2D eigenvalue weighted by Gasteiger charge is -2.13. The summed E-state index contributed by atoms with van der Waals surface area (Å²) in [6, 6.07) is 5.05. The van der Waals surface area contributed by atoms with E-state index in [1.807, 2.05) is 12.1 Å². The first-order valence-corrected chi connectivity index (χ1v) is 7.92. The molecule has 1 fully saturated rings. The first-order valence-electron chi connectivity index (χ1n) is 6.34. The third-order valence-electron chi connectivity index (χ3n) is 3.05. The smallest absolute Gasteiger partial charge is 0.332 e. The quantitative estimate of drug-likeness (QED) is 0.697. The predicted octanol–water partition coefficient (Wildman–Crippen LogP) is 2.97. The normalized spacial score (nSPS) is 21.0. The number of carboxylic acids is 1. The Labute approximate surface area is 138 Å². The van der Waals surface area contributed by atoms with E-state index in [2.05, 4.69) is 42.5 Å². The van der Waals surface area contributed by atoms with E-state index < -0.39 is 12.1 Å². The Bertz CT molecular complexity index is 553. The Kier molecular flexibility index (Phi) is 5.60. The number of rotatable bonds is 4. The zero-order valence-corrected chi connectivity index (χ0v) is 14.1. The van der Waals surface area contributed by atoms with Crippen molar-refractivity contribution in [1.82, 2.24) is 5.32 Å². The number of urea groups is 1. The van der Waals surface area contributed by atoms with Gasteiger partial charge in [-0.3, -0.25) is 0 Å². The fraction of sp³-hybridized carbons (Fsp3) is 0.385. The van der Waals surface area contributed by atoms with E-state index in [1.165, 1.54) is 0 Å². The molecule has 1 aliphatic rings. The van der Waals surface area contributed by atoms with Crippen LogP contribution in [-0.4, -0.2) is 35.9 Å². The highest BCUT2D eigenvalue weighted by Crippen LogP contribution is 2.26. The highest BCUT2D eigenvalue weighted by molar-refractivity contribution is 9.11. The van der Waals surface area contributed by atoms with Crippen LogP contribution < -0.4 is 10.6 Å². The molecule has 1 saturated heterocycles. The first kappa shape index (κ1) is 16.3. The van der Waals surface area contributed by atoms with Crippen LogP contribution in [0.15, 0.2) is 27.1 Å². The number of carboxylic acid groups (broad SMARTS) is 1. The number of hydrogen-bond acceptors (Lipinski definition) is 3. The van der Waals surface area contributed by atoms with Gasteiger partial charge in [0.15, 0.2) is 6.10 Å². The summed E-state index contributed by atoms with van der Waals surface area (Å²) in [4.78, 5) is 22.6. The molecule has 0 radical (unpaired) electrons. The molecule has 0 aliphatic carbocycles. The minimum atomic E-state index is -0.958. The summed E-state index contributed by atoms with van der Waals surface area (Å²) >= 11 is 6.69. The number of ether oxygens (including phenoxy) is 1. The maximum atomic E-state index is 11.8. The van der Waals surface area contributed by atoms with Gasteiger partial charge in [-0.2, -0.15) is 0 Å². The lowest BCUT2D eigenvalue weighted by atomic mass is 10.2. The second kappa shape index (κ2) is 7.24. The summed E-state index contributed by atoms with van der Waals surface area (Å²) < 4.78 is 6.97. The van der Waals surface area contributed by atoms with Crippen molar-refractivity contribution in [2.75, 3.05) is 11.9 Å². The number of anilines is 1. The van der Waals surface area contributed by atoms with Crippen LogP contribution in [0.2, 0.25) is 0 Å². The van der Waals surface area contributed by atoms with Crippen LogP contribution in [0.25, 0.3) is 0 Å². The fourth-order valence-corrected chi connectivity index (χ4v) is 3.15. The maximum Gasteiger partial charge on any atom is 0.332 e. The average molecular weight is 422 g/mol. The minimum absolute atomic E-state index is 0.259. The molecule has 2 atom stereocenters. The van der Waals surface area contributed by atoms with Crippen LogP contribution in [0, 0.1) is 0 Å². The molecule has 1 heterocycles. The summed E-state index contributed by atoms with van der Waals surface area (Å²) in [6.07, 6.45) is 0.0755. The van der Waals surface area contributed by atoms with Crippen LogP contribution in [0.3, 0.4) is 0 Å². The van der Waals surface area contributed by atoms with E-state index in [0.29, 0.717) is 18.5 Å². The van der Waals surface area contributed by atoms with E-state index in [0.717, 1.165) is 8.95 Å². The van der Waals surface area contributed by atoms with Gasteiger partial charge >= 0.3 is 12.0 Å². The monoisotopic (exact) mass is 420 g/mol. The molecule has 2 amide bonds. The lowest BCUT2D eigenvalue weighted by molar-refractivity contribution is -0.149. The first-order chi connectivity index (χ1) is 9.95. The highest BCUT2D eigenvalue weighted by Gasteiger charge is 2.30. The third-order valence-corrected chi connectivity index (χ3v) is 4.20. The molecule has 2 rings (SSSR count). The summed E-state index contributed by atoms with van der Waals surface area (Å²) in [7, 11) is 0. The molecule has 1 aliphatic heterocycles. The van der Waals surface area contributed by atoms with Crippen LogP contribution in [0.1, 0.15) is 12.8 Å². The Morgan fingerprint density at radius 3 is 2.71 bits per heavy atom. The second-order valence-corrected chi connectivity index (χ2v) is 6.39. The molecule has 0 aromatic heterocycles. The molecule has 114 valence electrons. The molecular formula is C13H14Br2N2O4. The van der Waals surface area contributed by atoms with Gasteiger partial charge in [0.2, 0.25) is 0 Å². The van der Waals surface area contributed by atoms with Crippen molar-refractivity contribution in [3.8, 4) is 0 Å². The minimum Gasteiger partial charge on any atom is -0.479 e. The molecule has 0 bridgehead atoms. The van der Waals surface area contributed by atoms with Gasteiger partial charge in [-0.25, -0.2) is 9.59 Å². The summed E-state index contributed by atoms with van der Waals surface area (Å²) in [5.74, 6) is -0.958. The van der Waals surface area contributed by atoms with Gasteiger partial charge < -0.3 is 20.5 Å². The third kappa shape index (κ3) is 4.69. The number of nitrogens with one attached hydrogen (secondary N) is 2. The number of benzene rings is 1. The molecule has 1 aromatic rings. The molecule has 2 unspecified atom stereocenters. The van der Waals surface area contributed by atoms with Gasteiger partial charge in [-0.1, -0.05) is 15.9 Å². The van der Waals surface area contributed by atoms with Gasteiger partial charge in [0, 0.05) is 15.5 Å². The largest absolute Gasteiger partial charge is 0.479 e. The van der Waals surface area contributed by atoms with Crippen LogP contribution in [-0.2, 0) is 9.53 Å². The lowest BCUT2D eigenvalue weighted by Crippen LogP contribution is -2.36. The van der Waals surface area contributed by atoms with Crippen LogP contribution >= 0.6 is 31.9 Å². The van der Waals surface area contributed by atoms with Gasteiger partial charge in [0.05, 0.1) is 11.8 Å². The number of halogens is 2. The molecule has 1 aromatic carbocycles. The molecule has 6 nitrogen and oxygen atoms in total. The summed E-state index contributed by atoms with van der Waals surface area (Å²) in [5, 5.41) is 14.2. The van der Waals surface area contributed by atoms with E-state index in [9.17, 15) is 9.59 Å². The number of aliphatic carboxylic acids is 1. The molecule has 21 heavy (non-hydrogen) atoms. The van der Waals surface area contributed by atoms with Crippen molar-refractivity contribution in [3.05, 3.63) is 27.1 Å². The highest BCUT2D eigenvalue weighted by atomic mass is 79.9. The summed E-state index contributed by atoms with van der Waals surface area (Å²) in [5.41, 5.74) is 0.645. The summed E-state index contributed by atoms with van der Waals surface area (Å²) in [6.45, 7) is 0.282. The number of carbonyl (C=O) groups excluding carboxylic acids is 1. The standard InChI is InChI=1S/C13H14Br2N2O4/c14-7-1-3-10(9(15)5-7)17-13(20)16-6-8-2-4-11(21-8)12(18)19/h1,3,5,8,11H,2,4,6H2,(H,18,19)(H2,16,17,20). The SMILES string of the molecule is O=C(NCC1CCC(C(=O)O)O1)Nc1ccc(Br)cc1Br. The van der Waals surface area contributed by atoms with Gasteiger partial charge in [0.25, 0.3) is 0 Å². The number of amides is 2. The second-order valence-electron chi connectivity index (χ2n) is 4.62. The Balaban J connectivity index is 1.79. The van der Waals surface area contributed by atoms with E-state index >= 15 is 0 Å². The van der Waals surface area contributed by atoms with Crippen molar-refractivity contribution < 1.29 is 19.4 Å². The molecule has 0 saturated carbocycles. The predicted molar refractivity (Wildman–Crippen MR) is 84.4 cm³/mol. The van der Waals surface area contributed by atoms with Crippen LogP contribution in [0.5, 0.6) is 0 Å². The van der Waals surface area contributed by atoms with Crippen molar-refractivity contribution in [1.29, 1.82) is 0 Å². The van der Waals surface area contributed by atoms with E-state index in [4.69, 9.17) is 9.84 Å². The average Bonchev–Trinajstić information content (AvgIpc) is 2.89. The van der Waals surface area contributed by atoms with E-state index in [-0.39, 0.29) is 18.7 Å². The van der Waals surface area contributed by atoms with Crippen LogP contribution in [0.4, 0.5) is 10.5 Å². The van der Waals surface area contributed by atoms with Gasteiger partial charge in [-0.05, 0) is 47.0 Å². The zero-order chi connectivity index (χ0) is 15.4. The molecule has 3 N–H and O–H groups in total. The van der Waals surface area contributed by atoms with Gasteiger partial charge in [-0.15, -0.1) is 0 Å². The Morgan fingerprint density at radius 1 is 1.33 bits per heavy atom. The maximum absolute atomic E-state index is 11.8. The Morgan fingerprint density at radius 2 is 2.10 bits per heavy atom. The molecule has 8 heteroatoms. The van der Waals surface area contributed by atoms with E-state index in [1.54, 1.807) is 6.07 Å². The fourth-order valence-electron chi connectivity index (χ4n) is 2.00. The number of hydrogen-bond donors (Lipinski definition) is 3. The number of carbonyl (C=O) groups is 2. The van der Waals surface area contributed by atoms with Crippen molar-refractivity contribution in [2.24, 2.45) is 0 Å². The molecular weight excluding hydrogens is 408 g/mol. The van der Waals surface area contributed by atoms with Crippen molar-refractivity contribution in [3.63, 3.8) is 0 Å². The molecule has 0 spiro atoms. The Hall–Kier alpha value is -1.12. The van der Waals surface area contributed by atoms with Crippen molar-refractivity contribution in [2.45, 2.75) is 25.0 Å². The van der Waals surface area contributed by atoms with Gasteiger partial charge in [0.1, 0.15) is 0 Å².